The van der Waals surface area contributed by atoms with E-state index in [0.717, 1.165) is 18.7 Å². The van der Waals surface area contributed by atoms with Crippen LogP contribution >= 0.6 is 23.2 Å². The molecule has 2 rings (SSSR count). The normalized spacial score (nSPS) is 10.9. The van der Waals surface area contributed by atoms with Crippen molar-refractivity contribution in [2.75, 3.05) is 32.8 Å². The molecule has 0 unspecified atom stereocenters. The number of aliphatic hydroxyl groups excluding tert-OH is 1. The van der Waals surface area contributed by atoms with Crippen molar-refractivity contribution in [2.45, 2.75) is 20.1 Å². The lowest BCUT2D eigenvalue weighted by Gasteiger charge is -2.16. The number of benzene rings is 2. The van der Waals surface area contributed by atoms with E-state index >= 15 is 0 Å². The summed E-state index contributed by atoms with van der Waals surface area (Å²) in [6.07, 6.45) is 0. The number of ether oxygens (including phenoxy) is 2. The topological polar surface area (TPSA) is 62.8 Å². The van der Waals surface area contributed by atoms with Gasteiger partial charge in [0.15, 0.2) is 11.5 Å². The first-order valence-corrected chi connectivity index (χ1v) is 9.85. The minimum Gasteiger partial charge on any atom is -0.490 e. The van der Waals surface area contributed by atoms with Crippen LogP contribution in [0.15, 0.2) is 30.3 Å². The predicted octanol–water partition coefficient (Wildman–Crippen LogP) is 3.78. The van der Waals surface area contributed by atoms with Gasteiger partial charge in [0, 0.05) is 31.7 Å². The van der Waals surface area contributed by atoms with Crippen molar-refractivity contribution in [2.24, 2.45) is 0 Å². The van der Waals surface area contributed by atoms with Gasteiger partial charge in [0.05, 0.1) is 23.3 Å². The van der Waals surface area contributed by atoms with Crippen LogP contribution in [0.1, 0.15) is 18.1 Å². The van der Waals surface area contributed by atoms with E-state index in [0.29, 0.717) is 46.8 Å². The van der Waals surface area contributed by atoms with E-state index in [1.165, 1.54) is 12.1 Å². The van der Waals surface area contributed by atoms with Crippen LogP contribution < -0.4 is 20.1 Å². The standard InChI is InChI=1S/C20H25Cl2FN2O3/c1-2-27-19-10-14(12-25-6-5-24-7-8-26)9-18(22)20(19)28-13-15-3-4-16(23)11-17(15)21/h3-4,9-11,24-26H,2,5-8,12-13H2,1H3. The Morgan fingerprint density at radius 3 is 2.50 bits per heavy atom. The fourth-order valence-corrected chi connectivity index (χ4v) is 3.04. The molecule has 28 heavy (non-hydrogen) atoms. The predicted molar refractivity (Wildman–Crippen MR) is 110 cm³/mol. The fraction of sp³-hybridized carbons (Fsp3) is 0.400. The molecule has 0 aliphatic heterocycles. The van der Waals surface area contributed by atoms with E-state index in [1.807, 2.05) is 19.1 Å². The molecule has 0 bridgehead atoms. The summed E-state index contributed by atoms with van der Waals surface area (Å²) < 4.78 is 24.7. The molecule has 3 N–H and O–H groups in total. The molecule has 2 aromatic rings. The van der Waals surface area contributed by atoms with Gasteiger partial charge in [-0.25, -0.2) is 4.39 Å². The summed E-state index contributed by atoms with van der Waals surface area (Å²) in [6.45, 7) is 5.31. The van der Waals surface area contributed by atoms with Crippen LogP contribution in [0.3, 0.4) is 0 Å². The number of halogens is 3. The first-order chi connectivity index (χ1) is 13.5. The molecule has 0 saturated heterocycles. The molecule has 0 atom stereocenters. The van der Waals surface area contributed by atoms with Crippen molar-refractivity contribution in [3.8, 4) is 11.5 Å². The van der Waals surface area contributed by atoms with Crippen molar-refractivity contribution >= 4 is 23.2 Å². The summed E-state index contributed by atoms with van der Waals surface area (Å²) in [5.41, 5.74) is 1.62. The Morgan fingerprint density at radius 1 is 1.00 bits per heavy atom. The number of hydrogen-bond donors (Lipinski definition) is 3. The number of rotatable bonds is 12. The third-order valence-corrected chi connectivity index (χ3v) is 4.49. The molecule has 0 fully saturated rings. The molecule has 0 aliphatic rings. The molecule has 0 saturated carbocycles. The molecule has 0 aliphatic carbocycles. The second-order valence-corrected chi connectivity index (χ2v) is 6.83. The van der Waals surface area contributed by atoms with Gasteiger partial charge < -0.3 is 25.2 Å². The molecule has 5 nitrogen and oxygen atoms in total. The first kappa shape index (κ1) is 22.7. The Bertz CT molecular complexity index is 762. The zero-order valence-electron chi connectivity index (χ0n) is 15.7. The molecular formula is C20H25Cl2FN2O3. The van der Waals surface area contributed by atoms with Gasteiger partial charge in [0.2, 0.25) is 0 Å². The lowest BCUT2D eigenvalue weighted by molar-refractivity contribution is 0.269. The van der Waals surface area contributed by atoms with Crippen LogP contribution in [0, 0.1) is 5.82 Å². The Morgan fingerprint density at radius 2 is 1.79 bits per heavy atom. The quantitative estimate of drug-likeness (QED) is 0.447. The highest BCUT2D eigenvalue weighted by Gasteiger charge is 2.14. The maximum absolute atomic E-state index is 13.2. The van der Waals surface area contributed by atoms with Gasteiger partial charge in [-0.05, 0) is 36.8 Å². The third-order valence-electron chi connectivity index (χ3n) is 3.85. The Kier molecular flexibility index (Phi) is 9.81. The third kappa shape index (κ3) is 7.11. The Hall–Kier alpha value is -1.57. The van der Waals surface area contributed by atoms with Crippen molar-refractivity contribution in [3.63, 3.8) is 0 Å². The highest BCUT2D eigenvalue weighted by molar-refractivity contribution is 6.32. The zero-order valence-corrected chi connectivity index (χ0v) is 17.2. The van der Waals surface area contributed by atoms with Crippen LogP contribution in [-0.4, -0.2) is 38.0 Å². The summed E-state index contributed by atoms with van der Waals surface area (Å²) in [6, 6.07) is 7.86. The van der Waals surface area contributed by atoms with Crippen LogP contribution in [-0.2, 0) is 13.2 Å². The molecular weight excluding hydrogens is 406 g/mol. The van der Waals surface area contributed by atoms with E-state index < -0.39 is 5.82 Å². The molecule has 2 aromatic carbocycles. The fourth-order valence-electron chi connectivity index (χ4n) is 2.53. The van der Waals surface area contributed by atoms with Gasteiger partial charge in [0.25, 0.3) is 0 Å². The second kappa shape index (κ2) is 12.1. The largest absolute Gasteiger partial charge is 0.490 e. The number of hydrogen-bond acceptors (Lipinski definition) is 5. The lowest BCUT2D eigenvalue weighted by Crippen LogP contribution is -2.28. The van der Waals surface area contributed by atoms with Crippen molar-refractivity contribution in [3.05, 3.63) is 57.3 Å². The number of nitrogens with one attached hydrogen (secondary N) is 2. The summed E-state index contributed by atoms with van der Waals surface area (Å²) in [4.78, 5) is 0. The van der Waals surface area contributed by atoms with Gasteiger partial charge >= 0.3 is 0 Å². The van der Waals surface area contributed by atoms with Crippen molar-refractivity contribution in [1.82, 2.24) is 10.6 Å². The highest BCUT2D eigenvalue weighted by Crippen LogP contribution is 2.37. The number of aliphatic hydroxyl groups is 1. The second-order valence-electron chi connectivity index (χ2n) is 6.01. The van der Waals surface area contributed by atoms with Gasteiger partial charge in [0.1, 0.15) is 12.4 Å². The molecule has 8 heteroatoms. The smallest absolute Gasteiger partial charge is 0.180 e. The van der Waals surface area contributed by atoms with E-state index in [4.69, 9.17) is 37.8 Å². The molecule has 0 radical (unpaired) electrons. The minimum absolute atomic E-state index is 0.123. The van der Waals surface area contributed by atoms with E-state index in [-0.39, 0.29) is 13.2 Å². The lowest BCUT2D eigenvalue weighted by atomic mass is 10.2. The van der Waals surface area contributed by atoms with Gasteiger partial charge in [-0.2, -0.15) is 0 Å². The maximum Gasteiger partial charge on any atom is 0.180 e. The van der Waals surface area contributed by atoms with Gasteiger partial charge in [-0.15, -0.1) is 0 Å². The van der Waals surface area contributed by atoms with Gasteiger partial charge in [-0.3, -0.25) is 0 Å². The van der Waals surface area contributed by atoms with Gasteiger partial charge in [-0.1, -0.05) is 29.3 Å². The Balaban J connectivity index is 2.02. The van der Waals surface area contributed by atoms with Crippen LogP contribution in [0.25, 0.3) is 0 Å². The Labute approximate surface area is 174 Å². The summed E-state index contributed by atoms with van der Waals surface area (Å²) in [5, 5.41) is 15.9. The van der Waals surface area contributed by atoms with E-state index in [1.54, 1.807) is 6.07 Å². The highest BCUT2D eigenvalue weighted by atomic mass is 35.5. The molecule has 0 amide bonds. The van der Waals surface area contributed by atoms with Crippen LogP contribution in [0.5, 0.6) is 11.5 Å². The zero-order chi connectivity index (χ0) is 20.4. The van der Waals surface area contributed by atoms with E-state index in [9.17, 15) is 4.39 Å². The molecule has 0 heterocycles. The SMILES string of the molecule is CCOc1cc(CNCCNCCO)cc(Cl)c1OCc1ccc(F)cc1Cl. The average molecular weight is 431 g/mol. The molecule has 0 aromatic heterocycles. The van der Waals surface area contributed by atoms with Crippen molar-refractivity contribution in [1.29, 1.82) is 0 Å². The summed E-state index contributed by atoms with van der Waals surface area (Å²) in [5.74, 6) is 0.575. The molecule has 0 spiro atoms. The monoisotopic (exact) mass is 430 g/mol. The van der Waals surface area contributed by atoms with E-state index in [2.05, 4.69) is 10.6 Å². The summed E-state index contributed by atoms with van der Waals surface area (Å²) >= 11 is 12.5. The first-order valence-electron chi connectivity index (χ1n) is 9.09. The molecule has 154 valence electrons. The summed E-state index contributed by atoms with van der Waals surface area (Å²) in [7, 11) is 0. The maximum atomic E-state index is 13.2. The van der Waals surface area contributed by atoms with Crippen LogP contribution in [0.2, 0.25) is 10.0 Å². The average Bonchev–Trinajstić information content (AvgIpc) is 2.65. The minimum atomic E-state index is -0.398. The van der Waals surface area contributed by atoms with Crippen LogP contribution in [0.4, 0.5) is 4.39 Å². The van der Waals surface area contributed by atoms with Crippen molar-refractivity contribution < 1.29 is 19.0 Å².